The number of anilines is 1. The Morgan fingerprint density at radius 2 is 1.89 bits per heavy atom. The fourth-order valence-electron chi connectivity index (χ4n) is 3.24. The minimum Gasteiger partial charge on any atom is -0.383 e. The van der Waals surface area contributed by atoms with Crippen LogP contribution >= 0.6 is 0 Å². The Labute approximate surface area is 160 Å². The van der Waals surface area contributed by atoms with E-state index in [-0.39, 0.29) is 26.2 Å². The highest BCUT2D eigenvalue weighted by atomic mass is 32.2. The monoisotopic (exact) mass is 397 g/mol. The SMILES string of the molecule is COCCN1C(=O)CN(S(C)(=O)=O)CC1(C)C(=O)Nc1c(C)cccc1C. The number of piperazine rings is 1. The maximum atomic E-state index is 13.2. The highest BCUT2D eigenvalue weighted by molar-refractivity contribution is 7.88. The molecule has 2 rings (SSSR count). The van der Waals surface area contributed by atoms with Crippen LogP contribution in [0.3, 0.4) is 0 Å². The molecule has 1 heterocycles. The Kier molecular flexibility index (Phi) is 6.28. The maximum absolute atomic E-state index is 13.2. The number of aryl methyl sites for hydroxylation is 2. The van der Waals surface area contributed by atoms with Gasteiger partial charge in [-0.3, -0.25) is 9.59 Å². The molecule has 0 radical (unpaired) electrons. The first-order chi connectivity index (χ1) is 12.5. The van der Waals surface area contributed by atoms with Crippen molar-refractivity contribution in [1.82, 2.24) is 9.21 Å². The summed E-state index contributed by atoms with van der Waals surface area (Å²) in [5, 5.41) is 2.89. The van der Waals surface area contributed by atoms with E-state index in [4.69, 9.17) is 4.74 Å². The van der Waals surface area contributed by atoms with Crippen LogP contribution in [0.1, 0.15) is 18.1 Å². The fraction of sp³-hybridized carbons (Fsp3) is 0.556. The number of rotatable bonds is 6. The minimum atomic E-state index is -3.62. The Morgan fingerprint density at radius 3 is 2.41 bits per heavy atom. The average molecular weight is 397 g/mol. The zero-order valence-electron chi connectivity index (χ0n) is 16.4. The van der Waals surface area contributed by atoms with Crippen LogP contribution in [0, 0.1) is 13.8 Å². The number of para-hydroxylation sites is 1. The first kappa shape index (κ1) is 21.3. The quantitative estimate of drug-likeness (QED) is 0.764. The third kappa shape index (κ3) is 4.48. The highest BCUT2D eigenvalue weighted by Crippen LogP contribution is 2.27. The summed E-state index contributed by atoms with van der Waals surface area (Å²) in [6, 6.07) is 5.65. The number of carbonyl (C=O) groups is 2. The number of nitrogens with one attached hydrogen (secondary N) is 1. The van der Waals surface area contributed by atoms with Gasteiger partial charge in [-0.25, -0.2) is 8.42 Å². The number of ether oxygens (including phenoxy) is 1. The summed E-state index contributed by atoms with van der Waals surface area (Å²) in [6.07, 6.45) is 1.04. The van der Waals surface area contributed by atoms with E-state index in [1.807, 2.05) is 32.0 Å². The van der Waals surface area contributed by atoms with Crippen molar-refractivity contribution < 1.29 is 22.7 Å². The lowest BCUT2D eigenvalue weighted by atomic mass is 9.95. The zero-order valence-corrected chi connectivity index (χ0v) is 17.2. The summed E-state index contributed by atoms with van der Waals surface area (Å²) in [6.45, 7) is 5.39. The Balaban J connectivity index is 2.41. The normalized spacial score (nSPS) is 21.4. The number of benzene rings is 1. The van der Waals surface area contributed by atoms with Gasteiger partial charge in [0, 0.05) is 25.9 Å². The molecule has 0 aliphatic carbocycles. The van der Waals surface area contributed by atoms with Gasteiger partial charge in [-0.05, 0) is 31.9 Å². The van der Waals surface area contributed by atoms with E-state index in [2.05, 4.69) is 5.32 Å². The number of sulfonamides is 1. The molecule has 0 aromatic heterocycles. The predicted molar refractivity (Wildman–Crippen MR) is 103 cm³/mol. The first-order valence-electron chi connectivity index (χ1n) is 8.63. The van der Waals surface area contributed by atoms with E-state index < -0.39 is 27.4 Å². The van der Waals surface area contributed by atoms with Crippen LogP contribution < -0.4 is 5.32 Å². The molecule has 27 heavy (non-hydrogen) atoms. The van der Waals surface area contributed by atoms with Crippen LogP contribution in [0.25, 0.3) is 0 Å². The second kappa shape index (κ2) is 7.95. The van der Waals surface area contributed by atoms with Gasteiger partial charge in [-0.1, -0.05) is 18.2 Å². The predicted octanol–water partition coefficient (Wildman–Crippen LogP) is 0.751. The van der Waals surface area contributed by atoms with Crippen LogP contribution in [0.5, 0.6) is 0 Å². The van der Waals surface area contributed by atoms with Crippen LogP contribution in [0.2, 0.25) is 0 Å². The number of amides is 2. The van der Waals surface area contributed by atoms with Crippen molar-refractivity contribution in [3.8, 4) is 0 Å². The lowest BCUT2D eigenvalue weighted by Gasteiger charge is -2.46. The first-order valence-corrected chi connectivity index (χ1v) is 10.5. The summed E-state index contributed by atoms with van der Waals surface area (Å²) in [7, 11) is -2.12. The summed E-state index contributed by atoms with van der Waals surface area (Å²) >= 11 is 0. The minimum absolute atomic E-state index is 0.113. The van der Waals surface area contributed by atoms with Crippen molar-refractivity contribution in [2.45, 2.75) is 26.3 Å². The van der Waals surface area contributed by atoms with E-state index in [1.54, 1.807) is 6.92 Å². The van der Waals surface area contributed by atoms with E-state index in [0.29, 0.717) is 5.69 Å². The second-order valence-electron chi connectivity index (χ2n) is 7.06. The van der Waals surface area contributed by atoms with Crippen LogP contribution in [0.15, 0.2) is 18.2 Å². The number of hydrogen-bond acceptors (Lipinski definition) is 5. The summed E-state index contributed by atoms with van der Waals surface area (Å²) in [4.78, 5) is 27.3. The van der Waals surface area contributed by atoms with Crippen molar-refractivity contribution in [3.05, 3.63) is 29.3 Å². The molecule has 1 fully saturated rings. The lowest BCUT2D eigenvalue weighted by molar-refractivity contribution is -0.151. The molecule has 1 saturated heterocycles. The highest BCUT2D eigenvalue weighted by Gasteiger charge is 2.49. The number of hydrogen-bond donors (Lipinski definition) is 1. The van der Waals surface area contributed by atoms with E-state index in [0.717, 1.165) is 21.7 Å². The van der Waals surface area contributed by atoms with Gasteiger partial charge in [0.2, 0.25) is 15.9 Å². The summed E-state index contributed by atoms with van der Waals surface area (Å²) < 4.78 is 30.2. The molecule has 0 bridgehead atoms. The molecule has 1 aromatic carbocycles. The van der Waals surface area contributed by atoms with Crippen molar-refractivity contribution in [3.63, 3.8) is 0 Å². The van der Waals surface area contributed by atoms with E-state index in [9.17, 15) is 18.0 Å². The van der Waals surface area contributed by atoms with Gasteiger partial charge in [0.05, 0.1) is 19.4 Å². The summed E-state index contributed by atoms with van der Waals surface area (Å²) in [5.41, 5.74) is 1.08. The zero-order chi connectivity index (χ0) is 20.4. The third-order valence-electron chi connectivity index (χ3n) is 4.89. The summed E-state index contributed by atoms with van der Waals surface area (Å²) in [5.74, 6) is -0.861. The molecule has 1 aliphatic rings. The molecule has 1 unspecified atom stereocenters. The molecule has 1 N–H and O–H groups in total. The van der Waals surface area contributed by atoms with Gasteiger partial charge < -0.3 is 15.0 Å². The van der Waals surface area contributed by atoms with Gasteiger partial charge >= 0.3 is 0 Å². The molecule has 1 aliphatic heterocycles. The molecular weight excluding hydrogens is 370 g/mol. The molecule has 9 heteroatoms. The van der Waals surface area contributed by atoms with E-state index in [1.165, 1.54) is 12.0 Å². The average Bonchev–Trinajstić information content (AvgIpc) is 2.56. The van der Waals surface area contributed by atoms with Gasteiger partial charge in [0.1, 0.15) is 5.54 Å². The molecule has 0 saturated carbocycles. The standard InChI is InChI=1S/C18H27N3O5S/c1-13-7-6-8-14(2)16(13)19-17(23)18(3)12-20(27(5,24)25)11-15(22)21(18)9-10-26-4/h6-8H,9-12H2,1-5H3,(H,19,23). The van der Waals surface area contributed by atoms with Crippen LogP contribution in [-0.2, 0) is 24.3 Å². The van der Waals surface area contributed by atoms with Gasteiger partial charge in [0.15, 0.2) is 0 Å². The van der Waals surface area contributed by atoms with Crippen LogP contribution in [-0.4, -0.2) is 74.6 Å². The molecule has 150 valence electrons. The maximum Gasteiger partial charge on any atom is 0.251 e. The van der Waals surface area contributed by atoms with Crippen molar-refractivity contribution >= 4 is 27.5 Å². The van der Waals surface area contributed by atoms with Crippen molar-refractivity contribution in [1.29, 1.82) is 0 Å². The van der Waals surface area contributed by atoms with E-state index >= 15 is 0 Å². The molecule has 8 nitrogen and oxygen atoms in total. The fourth-order valence-corrected chi connectivity index (χ4v) is 4.07. The molecule has 0 spiro atoms. The Bertz CT molecular complexity index is 819. The van der Waals surface area contributed by atoms with Gasteiger partial charge in [-0.15, -0.1) is 0 Å². The molecule has 2 amide bonds. The Hall–Kier alpha value is -1.97. The van der Waals surface area contributed by atoms with Gasteiger partial charge in [0.25, 0.3) is 5.91 Å². The number of nitrogens with zero attached hydrogens (tertiary/aromatic N) is 2. The molecule has 1 aromatic rings. The third-order valence-corrected chi connectivity index (χ3v) is 6.09. The number of carbonyl (C=O) groups excluding carboxylic acids is 2. The molecular formula is C18H27N3O5S. The molecule has 1 atom stereocenters. The number of methoxy groups -OCH3 is 1. The lowest BCUT2D eigenvalue weighted by Crippen LogP contribution is -2.69. The van der Waals surface area contributed by atoms with Crippen LogP contribution in [0.4, 0.5) is 5.69 Å². The Morgan fingerprint density at radius 1 is 1.30 bits per heavy atom. The second-order valence-corrected chi connectivity index (χ2v) is 9.05. The van der Waals surface area contributed by atoms with Crippen molar-refractivity contribution in [2.24, 2.45) is 0 Å². The smallest absolute Gasteiger partial charge is 0.251 e. The largest absolute Gasteiger partial charge is 0.383 e. The van der Waals surface area contributed by atoms with Gasteiger partial charge in [-0.2, -0.15) is 4.31 Å². The van der Waals surface area contributed by atoms with Crippen molar-refractivity contribution in [2.75, 3.05) is 44.9 Å². The topological polar surface area (TPSA) is 96.0 Å².